The van der Waals surface area contributed by atoms with Crippen molar-refractivity contribution in [2.45, 2.75) is 31.3 Å². The summed E-state index contributed by atoms with van der Waals surface area (Å²) in [5.41, 5.74) is 1.13. The summed E-state index contributed by atoms with van der Waals surface area (Å²) in [6.07, 6.45) is -0.0186. The minimum atomic E-state index is -3.53. The van der Waals surface area contributed by atoms with Gasteiger partial charge in [0.2, 0.25) is 10.0 Å². The van der Waals surface area contributed by atoms with Crippen molar-refractivity contribution in [3.63, 3.8) is 0 Å². The van der Waals surface area contributed by atoms with Crippen LogP contribution in [0.5, 0.6) is 5.75 Å². The molecule has 0 unspecified atom stereocenters. The molecule has 0 N–H and O–H groups in total. The van der Waals surface area contributed by atoms with Crippen LogP contribution < -0.4 is 4.74 Å². The summed E-state index contributed by atoms with van der Waals surface area (Å²) in [5, 5.41) is 0. The molecule has 0 radical (unpaired) electrons. The van der Waals surface area contributed by atoms with Gasteiger partial charge in [-0.1, -0.05) is 42.8 Å². The molecule has 0 aromatic heterocycles. The third kappa shape index (κ3) is 4.54. The highest BCUT2D eigenvalue weighted by atomic mass is 32.2. The summed E-state index contributed by atoms with van der Waals surface area (Å²) in [4.78, 5) is 14.8. The number of nitrogens with zero attached hydrogens (tertiary/aromatic N) is 2. The van der Waals surface area contributed by atoms with E-state index in [1.165, 1.54) is 4.31 Å². The third-order valence-electron chi connectivity index (χ3n) is 4.88. The van der Waals surface area contributed by atoms with Crippen molar-refractivity contribution in [3.8, 4) is 5.75 Å². The van der Waals surface area contributed by atoms with Crippen molar-refractivity contribution in [2.75, 3.05) is 26.2 Å². The molecule has 2 aromatic carbocycles. The SMILES string of the molecule is CC[C@@H](Oc1ccc(C)cc1)C(=O)N1CCN(S(=O)(=O)c2ccccc2)CC1. The topological polar surface area (TPSA) is 66.9 Å². The summed E-state index contributed by atoms with van der Waals surface area (Å²) in [5.74, 6) is 0.566. The lowest BCUT2D eigenvalue weighted by atomic mass is 10.2. The molecule has 2 aromatic rings. The fourth-order valence-electron chi connectivity index (χ4n) is 3.18. The lowest BCUT2D eigenvalue weighted by molar-refractivity contribution is -0.140. The van der Waals surface area contributed by atoms with Gasteiger partial charge in [0.1, 0.15) is 5.75 Å². The van der Waals surface area contributed by atoms with Gasteiger partial charge in [0.15, 0.2) is 6.10 Å². The Hall–Kier alpha value is -2.38. The van der Waals surface area contributed by atoms with Crippen LogP contribution >= 0.6 is 0 Å². The second kappa shape index (κ2) is 8.75. The molecule has 3 rings (SSSR count). The average molecular weight is 403 g/mol. The van der Waals surface area contributed by atoms with Crippen LogP contribution in [0.15, 0.2) is 59.5 Å². The van der Waals surface area contributed by atoms with Gasteiger partial charge < -0.3 is 9.64 Å². The van der Waals surface area contributed by atoms with Crippen LogP contribution in [0, 0.1) is 6.92 Å². The number of amides is 1. The average Bonchev–Trinajstić information content (AvgIpc) is 2.73. The van der Waals surface area contributed by atoms with Crippen molar-refractivity contribution in [1.82, 2.24) is 9.21 Å². The Bertz CT molecular complexity index is 890. The Labute approximate surface area is 166 Å². The minimum Gasteiger partial charge on any atom is -0.481 e. The van der Waals surface area contributed by atoms with Crippen LogP contribution in [0.4, 0.5) is 0 Å². The highest BCUT2D eigenvalue weighted by Gasteiger charge is 2.32. The van der Waals surface area contributed by atoms with E-state index < -0.39 is 16.1 Å². The van der Waals surface area contributed by atoms with Crippen LogP contribution in [-0.2, 0) is 14.8 Å². The zero-order valence-electron chi connectivity index (χ0n) is 16.2. The molecule has 1 atom stereocenters. The molecule has 1 heterocycles. The summed E-state index contributed by atoms with van der Waals surface area (Å²) < 4.78 is 32.8. The van der Waals surface area contributed by atoms with E-state index >= 15 is 0 Å². The standard InChI is InChI=1S/C21H26N2O4S/c1-3-20(27-18-11-9-17(2)10-12-18)21(24)22-13-15-23(16-14-22)28(25,26)19-7-5-4-6-8-19/h4-12,20H,3,13-16H2,1-2H3/t20-/m1/s1. The Morgan fingerprint density at radius 3 is 2.18 bits per heavy atom. The summed E-state index contributed by atoms with van der Waals surface area (Å²) in [6.45, 7) is 5.19. The van der Waals surface area contributed by atoms with Gasteiger partial charge in [-0.3, -0.25) is 4.79 Å². The van der Waals surface area contributed by atoms with Crippen molar-refractivity contribution in [1.29, 1.82) is 0 Å². The second-order valence-electron chi connectivity index (χ2n) is 6.87. The molecule has 1 amide bonds. The van der Waals surface area contributed by atoms with Crippen molar-refractivity contribution in [3.05, 3.63) is 60.2 Å². The van der Waals surface area contributed by atoms with E-state index in [2.05, 4.69) is 0 Å². The fourth-order valence-corrected chi connectivity index (χ4v) is 4.63. The summed E-state index contributed by atoms with van der Waals surface area (Å²) in [7, 11) is -3.53. The number of hydrogen-bond acceptors (Lipinski definition) is 4. The number of rotatable bonds is 6. The van der Waals surface area contributed by atoms with Gasteiger partial charge >= 0.3 is 0 Å². The van der Waals surface area contributed by atoms with E-state index in [1.807, 2.05) is 38.1 Å². The smallest absolute Gasteiger partial charge is 0.263 e. The number of hydrogen-bond donors (Lipinski definition) is 0. The maximum Gasteiger partial charge on any atom is 0.263 e. The van der Waals surface area contributed by atoms with Crippen LogP contribution in [0.1, 0.15) is 18.9 Å². The van der Waals surface area contributed by atoms with Crippen molar-refractivity contribution < 1.29 is 17.9 Å². The molecule has 0 bridgehead atoms. The number of sulfonamides is 1. The molecule has 28 heavy (non-hydrogen) atoms. The number of piperazine rings is 1. The molecule has 0 saturated carbocycles. The Morgan fingerprint density at radius 2 is 1.61 bits per heavy atom. The van der Waals surface area contributed by atoms with Gasteiger partial charge in [-0.2, -0.15) is 4.31 Å². The predicted octanol–water partition coefficient (Wildman–Crippen LogP) is 2.69. The Kier molecular flexibility index (Phi) is 6.36. The zero-order valence-corrected chi connectivity index (χ0v) is 17.1. The molecule has 0 spiro atoms. The van der Waals surface area contributed by atoms with Crippen molar-refractivity contribution >= 4 is 15.9 Å². The van der Waals surface area contributed by atoms with E-state index in [1.54, 1.807) is 35.2 Å². The molecule has 1 aliphatic heterocycles. The molecule has 6 nitrogen and oxygen atoms in total. The van der Waals surface area contributed by atoms with E-state index in [9.17, 15) is 13.2 Å². The van der Waals surface area contributed by atoms with E-state index in [0.717, 1.165) is 5.56 Å². The number of benzene rings is 2. The molecular formula is C21H26N2O4S. The number of carbonyl (C=O) groups is 1. The van der Waals surface area contributed by atoms with E-state index in [0.29, 0.717) is 25.3 Å². The van der Waals surface area contributed by atoms with E-state index in [-0.39, 0.29) is 23.9 Å². The summed E-state index contributed by atoms with van der Waals surface area (Å²) in [6, 6.07) is 16.0. The van der Waals surface area contributed by atoms with Crippen LogP contribution in [-0.4, -0.2) is 55.8 Å². The summed E-state index contributed by atoms with van der Waals surface area (Å²) >= 11 is 0. The minimum absolute atomic E-state index is 0.0974. The Morgan fingerprint density at radius 1 is 1.00 bits per heavy atom. The van der Waals surface area contributed by atoms with Crippen LogP contribution in [0.3, 0.4) is 0 Å². The maximum atomic E-state index is 12.9. The number of aryl methyl sites for hydroxylation is 1. The first-order chi connectivity index (χ1) is 13.4. The van der Waals surface area contributed by atoms with Gasteiger partial charge in [0.25, 0.3) is 5.91 Å². The molecule has 150 valence electrons. The highest BCUT2D eigenvalue weighted by Crippen LogP contribution is 2.19. The molecule has 1 saturated heterocycles. The molecular weight excluding hydrogens is 376 g/mol. The molecule has 7 heteroatoms. The first-order valence-electron chi connectivity index (χ1n) is 9.49. The van der Waals surface area contributed by atoms with Crippen LogP contribution in [0.25, 0.3) is 0 Å². The molecule has 0 aliphatic carbocycles. The lowest BCUT2D eigenvalue weighted by Crippen LogP contribution is -2.53. The predicted molar refractivity (Wildman–Crippen MR) is 108 cm³/mol. The second-order valence-corrected chi connectivity index (χ2v) is 8.81. The normalized spacial score (nSPS) is 16.6. The zero-order chi connectivity index (χ0) is 20.1. The monoisotopic (exact) mass is 402 g/mol. The maximum absolute atomic E-state index is 12.9. The highest BCUT2D eigenvalue weighted by molar-refractivity contribution is 7.89. The van der Waals surface area contributed by atoms with Gasteiger partial charge in [-0.25, -0.2) is 8.42 Å². The quantitative estimate of drug-likeness (QED) is 0.745. The van der Waals surface area contributed by atoms with Crippen molar-refractivity contribution in [2.24, 2.45) is 0 Å². The van der Waals surface area contributed by atoms with Gasteiger partial charge in [0.05, 0.1) is 4.90 Å². The Balaban J connectivity index is 1.61. The largest absolute Gasteiger partial charge is 0.481 e. The fraction of sp³-hybridized carbons (Fsp3) is 0.381. The molecule has 1 fully saturated rings. The first-order valence-corrected chi connectivity index (χ1v) is 10.9. The van der Waals surface area contributed by atoms with Gasteiger partial charge in [-0.05, 0) is 37.6 Å². The number of carbonyl (C=O) groups excluding carboxylic acids is 1. The third-order valence-corrected chi connectivity index (χ3v) is 6.79. The van der Waals surface area contributed by atoms with Crippen LogP contribution in [0.2, 0.25) is 0 Å². The van der Waals surface area contributed by atoms with E-state index in [4.69, 9.17) is 4.74 Å². The number of ether oxygens (including phenoxy) is 1. The van der Waals surface area contributed by atoms with Gasteiger partial charge in [0, 0.05) is 26.2 Å². The first kappa shape index (κ1) is 20.4. The molecule has 1 aliphatic rings. The lowest BCUT2D eigenvalue weighted by Gasteiger charge is -2.35. The van der Waals surface area contributed by atoms with Gasteiger partial charge in [-0.15, -0.1) is 0 Å².